The second kappa shape index (κ2) is 11.6. The highest BCUT2D eigenvalue weighted by molar-refractivity contribution is 5.73. The number of hydrogen-bond acceptors (Lipinski definition) is 6. The summed E-state index contributed by atoms with van der Waals surface area (Å²) in [6, 6.07) is 22.0. The van der Waals surface area contributed by atoms with E-state index >= 15 is 0 Å². The summed E-state index contributed by atoms with van der Waals surface area (Å²) in [4.78, 5) is 24.1. The number of benzene rings is 3. The van der Waals surface area contributed by atoms with Crippen LogP contribution in [0, 0.1) is 0 Å². The van der Waals surface area contributed by atoms with Crippen LogP contribution in [0.5, 0.6) is 11.5 Å². The smallest absolute Gasteiger partial charge is 0.310 e. The van der Waals surface area contributed by atoms with Crippen LogP contribution in [0.15, 0.2) is 72.8 Å². The van der Waals surface area contributed by atoms with E-state index in [1.54, 1.807) is 14.2 Å². The Kier molecular flexibility index (Phi) is 8.26. The summed E-state index contributed by atoms with van der Waals surface area (Å²) in [5, 5.41) is 0. The van der Waals surface area contributed by atoms with Crippen molar-refractivity contribution < 1.29 is 28.5 Å². The molecule has 0 aliphatic rings. The van der Waals surface area contributed by atoms with Gasteiger partial charge in [0.15, 0.2) is 0 Å². The maximum atomic E-state index is 12.1. The Morgan fingerprint density at radius 3 is 1.16 bits per heavy atom. The summed E-state index contributed by atoms with van der Waals surface area (Å²) >= 11 is 0. The van der Waals surface area contributed by atoms with Gasteiger partial charge >= 0.3 is 11.9 Å². The minimum absolute atomic E-state index is 0.187. The zero-order chi connectivity index (χ0) is 22.8. The van der Waals surface area contributed by atoms with Gasteiger partial charge in [0.2, 0.25) is 0 Å². The number of carbonyl (C=O) groups is 2. The molecule has 3 aromatic rings. The number of esters is 2. The van der Waals surface area contributed by atoms with Crippen LogP contribution < -0.4 is 9.47 Å². The minimum Gasteiger partial charge on any atom is -0.497 e. The van der Waals surface area contributed by atoms with Crippen molar-refractivity contribution in [1.82, 2.24) is 0 Å². The van der Waals surface area contributed by atoms with Crippen LogP contribution >= 0.6 is 0 Å². The number of methoxy groups -OCH3 is 2. The van der Waals surface area contributed by atoms with Gasteiger partial charge in [-0.3, -0.25) is 9.59 Å². The first-order valence-corrected chi connectivity index (χ1v) is 10.2. The molecule has 0 heterocycles. The van der Waals surface area contributed by atoms with E-state index in [1.807, 2.05) is 72.8 Å². The van der Waals surface area contributed by atoms with Crippen molar-refractivity contribution in [3.63, 3.8) is 0 Å². The lowest BCUT2D eigenvalue weighted by Crippen LogP contribution is -2.09. The van der Waals surface area contributed by atoms with Crippen LogP contribution in [-0.4, -0.2) is 26.2 Å². The van der Waals surface area contributed by atoms with Crippen molar-refractivity contribution in [2.24, 2.45) is 0 Å². The summed E-state index contributed by atoms with van der Waals surface area (Å²) in [5.74, 6) is 0.889. The molecule has 0 saturated heterocycles. The SMILES string of the molecule is COc1ccc(CC(=O)OCc2ccc(COC(=O)Cc3ccc(OC)cc3)cc2)cc1. The molecule has 0 radical (unpaired) electrons. The van der Waals surface area contributed by atoms with Gasteiger partial charge in [-0.25, -0.2) is 0 Å². The fourth-order valence-corrected chi connectivity index (χ4v) is 2.98. The molecule has 0 aromatic heterocycles. The van der Waals surface area contributed by atoms with E-state index in [-0.39, 0.29) is 38.0 Å². The topological polar surface area (TPSA) is 71.1 Å². The predicted molar refractivity (Wildman–Crippen MR) is 119 cm³/mol. The van der Waals surface area contributed by atoms with Gasteiger partial charge < -0.3 is 18.9 Å². The van der Waals surface area contributed by atoms with Crippen molar-refractivity contribution in [2.45, 2.75) is 26.1 Å². The number of carbonyl (C=O) groups excluding carboxylic acids is 2. The van der Waals surface area contributed by atoms with Gasteiger partial charge in [-0.1, -0.05) is 48.5 Å². The highest BCUT2D eigenvalue weighted by atomic mass is 16.5. The Hall–Kier alpha value is -3.80. The third kappa shape index (κ3) is 7.16. The molecule has 6 nitrogen and oxygen atoms in total. The van der Waals surface area contributed by atoms with Crippen LogP contribution in [0.2, 0.25) is 0 Å². The van der Waals surface area contributed by atoms with Gasteiger partial charge in [-0.15, -0.1) is 0 Å². The quantitative estimate of drug-likeness (QED) is 0.444. The number of ether oxygens (including phenoxy) is 4. The minimum atomic E-state index is -0.299. The van der Waals surface area contributed by atoms with Crippen LogP contribution in [0.1, 0.15) is 22.3 Å². The molecule has 0 amide bonds. The first-order chi connectivity index (χ1) is 15.6. The predicted octanol–water partition coefficient (Wildman–Crippen LogP) is 4.28. The summed E-state index contributed by atoms with van der Waals surface area (Å²) in [5.41, 5.74) is 3.45. The number of hydrogen-bond donors (Lipinski definition) is 0. The zero-order valence-corrected chi connectivity index (χ0v) is 18.2. The highest BCUT2D eigenvalue weighted by Crippen LogP contribution is 2.14. The van der Waals surface area contributed by atoms with Gasteiger partial charge in [-0.05, 0) is 46.5 Å². The van der Waals surface area contributed by atoms with Crippen LogP contribution in [-0.2, 0) is 45.1 Å². The van der Waals surface area contributed by atoms with E-state index in [0.29, 0.717) is 0 Å². The second-order valence-electron chi connectivity index (χ2n) is 7.19. The standard InChI is InChI=1S/C26H26O6/c1-29-23-11-7-19(8-12-23)15-25(27)31-17-21-3-5-22(6-4-21)18-32-26(28)16-20-9-13-24(30-2)14-10-20/h3-14H,15-18H2,1-2H3. The van der Waals surface area contributed by atoms with Crippen molar-refractivity contribution >= 4 is 11.9 Å². The third-order valence-electron chi connectivity index (χ3n) is 4.84. The average molecular weight is 434 g/mol. The van der Waals surface area contributed by atoms with Gasteiger partial charge in [0.05, 0.1) is 27.1 Å². The Morgan fingerprint density at radius 1 is 0.531 bits per heavy atom. The third-order valence-corrected chi connectivity index (χ3v) is 4.84. The van der Waals surface area contributed by atoms with Crippen LogP contribution in [0.4, 0.5) is 0 Å². The molecule has 166 valence electrons. The van der Waals surface area contributed by atoms with E-state index in [0.717, 1.165) is 33.8 Å². The van der Waals surface area contributed by atoms with Crippen molar-refractivity contribution in [3.8, 4) is 11.5 Å². The van der Waals surface area contributed by atoms with E-state index in [2.05, 4.69) is 0 Å². The molecule has 0 atom stereocenters. The monoisotopic (exact) mass is 434 g/mol. The van der Waals surface area contributed by atoms with Gasteiger partial charge in [0, 0.05) is 0 Å². The maximum absolute atomic E-state index is 12.1. The summed E-state index contributed by atoms with van der Waals surface area (Å²) in [7, 11) is 3.20. The van der Waals surface area contributed by atoms with E-state index in [9.17, 15) is 9.59 Å². The maximum Gasteiger partial charge on any atom is 0.310 e. The summed E-state index contributed by atoms with van der Waals surface area (Å²) in [6.45, 7) is 0.374. The lowest BCUT2D eigenvalue weighted by Gasteiger charge is -2.08. The molecule has 3 rings (SSSR count). The van der Waals surface area contributed by atoms with Gasteiger partial charge in [-0.2, -0.15) is 0 Å². The molecular formula is C26H26O6. The van der Waals surface area contributed by atoms with Crippen LogP contribution in [0.3, 0.4) is 0 Å². The Labute approximate surface area is 187 Å². The molecular weight excluding hydrogens is 408 g/mol. The molecule has 0 fully saturated rings. The molecule has 0 spiro atoms. The lowest BCUT2D eigenvalue weighted by molar-refractivity contribution is -0.145. The molecule has 0 N–H and O–H groups in total. The Balaban J connectivity index is 1.40. The highest BCUT2D eigenvalue weighted by Gasteiger charge is 2.08. The van der Waals surface area contributed by atoms with Crippen LogP contribution in [0.25, 0.3) is 0 Å². The van der Waals surface area contributed by atoms with E-state index in [1.165, 1.54) is 0 Å². The largest absolute Gasteiger partial charge is 0.497 e. The van der Waals surface area contributed by atoms with Crippen molar-refractivity contribution in [1.29, 1.82) is 0 Å². The molecule has 6 heteroatoms. The first kappa shape index (κ1) is 22.9. The normalized spacial score (nSPS) is 10.3. The van der Waals surface area contributed by atoms with E-state index in [4.69, 9.17) is 18.9 Å². The zero-order valence-electron chi connectivity index (χ0n) is 18.2. The molecule has 0 saturated carbocycles. The first-order valence-electron chi connectivity index (χ1n) is 10.2. The van der Waals surface area contributed by atoms with Crippen molar-refractivity contribution in [2.75, 3.05) is 14.2 Å². The fraction of sp³-hybridized carbons (Fsp3) is 0.231. The summed E-state index contributed by atoms with van der Waals surface area (Å²) < 4.78 is 20.9. The van der Waals surface area contributed by atoms with Crippen molar-refractivity contribution in [3.05, 3.63) is 95.1 Å². The van der Waals surface area contributed by atoms with Gasteiger partial charge in [0.25, 0.3) is 0 Å². The second-order valence-corrected chi connectivity index (χ2v) is 7.19. The Morgan fingerprint density at radius 2 is 0.844 bits per heavy atom. The molecule has 0 bridgehead atoms. The average Bonchev–Trinajstić information content (AvgIpc) is 2.83. The molecule has 0 aliphatic heterocycles. The van der Waals surface area contributed by atoms with E-state index < -0.39 is 0 Å². The fourth-order valence-electron chi connectivity index (χ4n) is 2.98. The molecule has 3 aromatic carbocycles. The summed E-state index contributed by atoms with van der Waals surface area (Å²) in [6.07, 6.45) is 0.401. The molecule has 0 unspecified atom stereocenters. The number of rotatable bonds is 10. The van der Waals surface area contributed by atoms with Gasteiger partial charge in [0.1, 0.15) is 24.7 Å². The lowest BCUT2D eigenvalue weighted by atomic mass is 10.1. The Bertz CT molecular complexity index is 923. The molecule has 0 aliphatic carbocycles. The molecule has 32 heavy (non-hydrogen) atoms.